The van der Waals surface area contributed by atoms with Crippen LogP contribution in [0.1, 0.15) is 32.1 Å². The van der Waals surface area contributed by atoms with E-state index in [2.05, 4.69) is 10.2 Å². The first-order valence-electron chi connectivity index (χ1n) is 6.34. The number of H-pyrrole nitrogens is 1. The summed E-state index contributed by atoms with van der Waals surface area (Å²) in [4.78, 5) is 12.0. The second-order valence-corrected chi connectivity index (χ2v) is 5.57. The summed E-state index contributed by atoms with van der Waals surface area (Å²) in [5.74, 6) is 0.635. The van der Waals surface area contributed by atoms with E-state index in [9.17, 15) is 4.79 Å². The lowest BCUT2D eigenvalue weighted by Crippen LogP contribution is -2.26. The molecule has 108 valence electrons. The lowest BCUT2D eigenvalue weighted by atomic mass is 9.99. The van der Waals surface area contributed by atoms with E-state index in [0.717, 1.165) is 6.42 Å². The highest BCUT2D eigenvalue weighted by atomic mass is 35.5. The summed E-state index contributed by atoms with van der Waals surface area (Å²) in [5.41, 5.74) is 6.26. The van der Waals surface area contributed by atoms with E-state index in [1.54, 1.807) is 18.2 Å². The van der Waals surface area contributed by atoms with Gasteiger partial charge in [0.15, 0.2) is 5.82 Å². The molecule has 2 aromatic rings. The number of nitrogens with one attached hydrogen (secondary N) is 1. The van der Waals surface area contributed by atoms with E-state index in [-0.39, 0.29) is 17.6 Å². The van der Waals surface area contributed by atoms with Gasteiger partial charge in [0.1, 0.15) is 0 Å². The van der Waals surface area contributed by atoms with E-state index >= 15 is 0 Å². The quantitative estimate of drug-likeness (QED) is 0.911. The van der Waals surface area contributed by atoms with Crippen LogP contribution in [0.3, 0.4) is 0 Å². The number of nitrogens with two attached hydrogens (primary N) is 1. The molecule has 0 bridgehead atoms. The first-order chi connectivity index (χ1) is 9.45. The van der Waals surface area contributed by atoms with Crippen molar-refractivity contribution >= 4 is 23.2 Å². The molecule has 1 aromatic carbocycles. The predicted molar refractivity (Wildman–Crippen MR) is 80.6 cm³/mol. The number of aromatic nitrogens is 3. The average Bonchev–Trinajstić information content (AvgIpc) is 2.81. The largest absolute Gasteiger partial charge is 0.348 e. The van der Waals surface area contributed by atoms with Crippen LogP contribution in [0.15, 0.2) is 23.0 Å². The van der Waals surface area contributed by atoms with Crippen molar-refractivity contribution in [1.82, 2.24) is 14.8 Å². The van der Waals surface area contributed by atoms with Gasteiger partial charge < -0.3 is 5.73 Å². The third kappa shape index (κ3) is 2.75. The van der Waals surface area contributed by atoms with Crippen molar-refractivity contribution in [3.8, 4) is 5.69 Å². The normalized spacial score (nSPS) is 14.2. The monoisotopic (exact) mass is 314 g/mol. The topological polar surface area (TPSA) is 76.7 Å². The molecule has 2 atom stereocenters. The minimum Gasteiger partial charge on any atom is -0.321 e. The van der Waals surface area contributed by atoms with Gasteiger partial charge >= 0.3 is 5.69 Å². The van der Waals surface area contributed by atoms with Gasteiger partial charge in [0.2, 0.25) is 0 Å². The van der Waals surface area contributed by atoms with Crippen LogP contribution in [0.4, 0.5) is 0 Å². The van der Waals surface area contributed by atoms with Crippen LogP contribution < -0.4 is 11.4 Å². The number of rotatable bonds is 4. The van der Waals surface area contributed by atoms with Crippen molar-refractivity contribution in [2.75, 3.05) is 0 Å². The van der Waals surface area contributed by atoms with Crippen LogP contribution in [-0.2, 0) is 0 Å². The van der Waals surface area contributed by atoms with Gasteiger partial charge in [-0.3, -0.25) is 0 Å². The second-order valence-electron chi connectivity index (χ2n) is 4.73. The maximum Gasteiger partial charge on any atom is 0.348 e. The van der Waals surface area contributed by atoms with Gasteiger partial charge in [-0.2, -0.15) is 5.10 Å². The Hall–Kier alpha value is -1.30. The summed E-state index contributed by atoms with van der Waals surface area (Å²) in [6.45, 7) is 4.04. The fourth-order valence-corrected chi connectivity index (χ4v) is 2.30. The summed E-state index contributed by atoms with van der Waals surface area (Å²) in [6, 6.07) is 4.55. The molecule has 3 N–H and O–H groups in total. The van der Waals surface area contributed by atoms with Gasteiger partial charge in [0.05, 0.1) is 16.8 Å². The Balaban J connectivity index is 2.60. The van der Waals surface area contributed by atoms with Gasteiger partial charge in [-0.25, -0.2) is 14.5 Å². The van der Waals surface area contributed by atoms with Gasteiger partial charge in [-0.05, 0) is 24.1 Å². The molecular formula is C13H16Cl2N4O. The Morgan fingerprint density at radius 1 is 1.45 bits per heavy atom. The molecule has 0 aliphatic carbocycles. The SMILES string of the molecule is CC[C@H](C)[C@H](N)c1n[nH]c(=O)n1-c1cc(Cl)ccc1Cl. The lowest BCUT2D eigenvalue weighted by Gasteiger charge is -2.18. The third-order valence-corrected chi connectivity index (χ3v) is 3.96. The molecule has 2 rings (SSSR count). The molecule has 0 saturated carbocycles. The Morgan fingerprint density at radius 2 is 2.15 bits per heavy atom. The predicted octanol–water partition coefficient (Wildman–Crippen LogP) is 2.91. The summed E-state index contributed by atoms with van der Waals surface area (Å²) < 4.78 is 1.38. The van der Waals surface area contributed by atoms with Crippen molar-refractivity contribution in [2.45, 2.75) is 26.3 Å². The number of halogens is 2. The Labute approximate surface area is 126 Å². The van der Waals surface area contributed by atoms with Gasteiger partial charge in [-0.15, -0.1) is 0 Å². The first kappa shape index (κ1) is 15.1. The standard InChI is InChI=1S/C13H16Cl2N4O/c1-3-7(2)11(16)12-17-18-13(20)19(12)10-6-8(14)4-5-9(10)15/h4-7,11H,3,16H2,1-2H3,(H,18,20)/t7-,11-/m0/s1. The second kappa shape index (κ2) is 5.99. The van der Waals surface area contributed by atoms with Crippen molar-refractivity contribution in [3.63, 3.8) is 0 Å². The minimum absolute atomic E-state index is 0.182. The maximum absolute atomic E-state index is 12.0. The molecule has 0 amide bonds. The van der Waals surface area contributed by atoms with E-state index < -0.39 is 0 Å². The van der Waals surface area contributed by atoms with Gasteiger partial charge in [0, 0.05) is 5.02 Å². The summed E-state index contributed by atoms with van der Waals surface area (Å²) in [7, 11) is 0. The Kier molecular flexibility index (Phi) is 4.52. The minimum atomic E-state index is -0.386. The van der Waals surface area contributed by atoms with Crippen LogP contribution in [-0.4, -0.2) is 14.8 Å². The summed E-state index contributed by atoms with van der Waals surface area (Å²) >= 11 is 12.1. The summed E-state index contributed by atoms with van der Waals surface area (Å²) in [5, 5.41) is 7.35. The molecule has 1 heterocycles. The zero-order chi connectivity index (χ0) is 14.9. The molecule has 1 aromatic heterocycles. The fourth-order valence-electron chi connectivity index (χ4n) is 1.93. The number of benzene rings is 1. The van der Waals surface area contributed by atoms with Crippen LogP contribution >= 0.6 is 23.2 Å². The zero-order valence-corrected chi connectivity index (χ0v) is 12.7. The Bertz CT molecular complexity index is 665. The summed E-state index contributed by atoms with van der Waals surface area (Å²) in [6.07, 6.45) is 0.880. The van der Waals surface area contributed by atoms with Crippen LogP contribution in [0.2, 0.25) is 10.0 Å². The molecule has 0 aliphatic rings. The van der Waals surface area contributed by atoms with E-state index in [0.29, 0.717) is 21.6 Å². The highest BCUT2D eigenvalue weighted by Gasteiger charge is 2.22. The molecule has 0 saturated heterocycles. The van der Waals surface area contributed by atoms with Crippen LogP contribution in [0, 0.1) is 5.92 Å². The number of hydrogen-bond acceptors (Lipinski definition) is 3. The van der Waals surface area contributed by atoms with Crippen LogP contribution in [0.25, 0.3) is 5.69 Å². The van der Waals surface area contributed by atoms with E-state index in [1.165, 1.54) is 4.57 Å². The van der Waals surface area contributed by atoms with Crippen molar-refractivity contribution in [2.24, 2.45) is 11.7 Å². The van der Waals surface area contributed by atoms with E-state index in [4.69, 9.17) is 28.9 Å². The number of nitrogens with zero attached hydrogens (tertiary/aromatic N) is 2. The molecule has 7 heteroatoms. The molecule has 0 aliphatic heterocycles. The Morgan fingerprint density at radius 3 is 2.80 bits per heavy atom. The highest BCUT2D eigenvalue weighted by molar-refractivity contribution is 6.34. The molecule has 0 radical (unpaired) electrons. The number of hydrogen-bond donors (Lipinski definition) is 2. The molecule has 0 spiro atoms. The fraction of sp³-hybridized carbons (Fsp3) is 0.385. The average molecular weight is 315 g/mol. The molecule has 0 fully saturated rings. The van der Waals surface area contributed by atoms with Crippen LogP contribution in [0.5, 0.6) is 0 Å². The van der Waals surface area contributed by atoms with E-state index in [1.807, 2.05) is 13.8 Å². The molecule has 5 nitrogen and oxygen atoms in total. The molecular weight excluding hydrogens is 299 g/mol. The maximum atomic E-state index is 12.0. The first-order valence-corrected chi connectivity index (χ1v) is 7.09. The van der Waals surface area contributed by atoms with Gasteiger partial charge in [-0.1, -0.05) is 43.5 Å². The lowest BCUT2D eigenvalue weighted by molar-refractivity contribution is 0.433. The van der Waals surface area contributed by atoms with Crippen molar-refractivity contribution < 1.29 is 0 Å². The van der Waals surface area contributed by atoms with Crippen molar-refractivity contribution in [3.05, 3.63) is 44.6 Å². The third-order valence-electron chi connectivity index (χ3n) is 3.40. The number of aromatic amines is 1. The smallest absolute Gasteiger partial charge is 0.321 e. The zero-order valence-electron chi connectivity index (χ0n) is 11.2. The van der Waals surface area contributed by atoms with Crippen molar-refractivity contribution in [1.29, 1.82) is 0 Å². The highest BCUT2D eigenvalue weighted by Crippen LogP contribution is 2.27. The molecule has 0 unspecified atom stereocenters. The molecule has 20 heavy (non-hydrogen) atoms. The van der Waals surface area contributed by atoms with Gasteiger partial charge in [0.25, 0.3) is 0 Å².